The highest BCUT2D eigenvalue weighted by atomic mass is 16.5. The zero-order valence-electron chi connectivity index (χ0n) is 16.7. The molecule has 154 valence electrons. The van der Waals surface area contributed by atoms with Gasteiger partial charge in [0.05, 0.1) is 6.04 Å². The van der Waals surface area contributed by atoms with Gasteiger partial charge >= 0.3 is 0 Å². The molecule has 2 aromatic carbocycles. The Morgan fingerprint density at radius 3 is 2.55 bits per heavy atom. The summed E-state index contributed by atoms with van der Waals surface area (Å²) in [6, 6.07) is 17.7. The summed E-state index contributed by atoms with van der Waals surface area (Å²) in [6.45, 7) is 2.60. The van der Waals surface area contributed by atoms with E-state index in [1.54, 1.807) is 0 Å². The van der Waals surface area contributed by atoms with Crippen LogP contribution in [0, 0.1) is 0 Å². The van der Waals surface area contributed by atoms with Crippen molar-refractivity contribution in [1.29, 1.82) is 0 Å². The molecule has 0 bridgehead atoms. The molecule has 1 unspecified atom stereocenters. The summed E-state index contributed by atoms with van der Waals surface area (Å²) in [5.74, 6) is 0.561. The molecule has 6 heteroatoms. The Kier molecular flexibility index (Phi) is 7.64. The lowest BCUT2D eigenvalue weighted by molar-refractivity contribution is -0.122. The van der Waals surface area contributed by atoms with Crippen LogP contribution in [0.25, 0.3) is 0 Å². The number of amides is 2. The number of primary amides is 1. The standard InChI is InChI=1S/C23H29N3O3/c24-23(28)21-7-4-15-26(21)16-14-25-22(27)13-10-18-8-11-20(12-9-18)29-17-19-5-2-1-3-6-19/h1-3,5-6,8-9,11-12,21H,4,7,10,13-17H2,(H2,24,28)(H,25,27). The van der Waals surface area contributed by atoms with E-state index < -0.39 is 0 Å². The summed E-state index contributed by atoms with van der Waals surface area (Å²) in [5.41, 5.74) is 7.64. The summed E-state index contributed by atoms with van der Waals surface area (Å²) in [5, 5.41) is 2.93. The second-order valence-electron chi connectivity index (χ2n) is 7.36. The first-order chi connectivity index (χ1) is 14.1. The van der Waals surface area contributed by atoms with Crippen LogP contribution in [0.4, 0.5) is 0 Å². The summed E-state index contributed by atoms with van der Waals surface area (Å²) >= 11 is 0. The zero-order chi connectivity index (χ0) is 20.5. The number of rotatable bonds is 10. The molecule has 1 heterocycles. The van der Waals surface area contributed by atoms with Gasteiger partial charge in [-0.3, -0.25) is 14.5 Å². The van der Waals surface area contributed by atoms with E-state index in [1.807, 2.05) is 54.6 Å². The topological polar surface area (TPSA) is 84.7 Å². The number of nitrogens with one attached hydrogen (secondary N) is 1. The molecular weight excluding hydrogens is 366 g/mol. The van der Waals surface area contributed by atoms with Crippen LogP contribution in [0.5, 0.6) is 5.75 Å². The van der Waals surface area contributed by atoms with Crippen LogP contribution in [0.1, 0.15) is 30.4 Å². The number of carbonyl (C=O) groups is 2. The summed E-state index contributed by atoms with van der Waals surface area (Å²) in [7, 11) is 0. The number of hydrogen-bond acceptors (Lipinski definition) is 4. The van der Waals surface area contributed by atoms with Crippen LogP contribution in [-0.2, 0) is 22.6 Å². The molecule has 0 spiro atoms. The first-order valence-electron chi connectivity index (χ1n) is 10.2. The van der Waals surface area contributed by atoms with Crippen molar-refractivity contribution < 1.29 is 14.3 Å². The molecule has 0 radical (unpaired) electrons. The maximum absolute atomic E-state index is 12.1. The van der Waals surface area contributed by atoms with Gasteiger partial charge in [0.25, 0.3) is 0 Å². The third-order valence-corrected chi connectivity index (χ3v) is 5.23. The minimum Gasteiger partial charge on any atom is -0.489 e. The second kappa shape index (κ2) is 10.6. The van der Waals surface area contributed by atoms with E-state index >= 15 is 0 Å². The lowest BCUT2D eigenvalue weighted by Crippen LogP contribution is -2.43. The largest absolute Gasteiger partial charge is 0.489 e. The van der Waals surface area contributed by atoms with Gasteiger partial charge < -0.3 is 15.8 Å². The number of carbonyl (C=O) groups excluding carboxylic acids is 2. The van der Waals surface area contributed by atoms with Crippen LogP contribution >= 0.6 is 0 Å². The number of hydrogen-bond donors (Lipinski definition) is 2. The van der Waals surface area contributed by atoms with Crippen molar-refractivity contribution in [3.63, 3.8) is 0 Å². The van der Waals surface area contributed by atoms with E-state index in [1.165, 1.54) is 0 Å². The van der Waals surface area contributed by atoms with Gasteiger partial charge in [-0.25, -0.2) is 0 Å². The molecule has 0 saturated carbocycles. The van der Waals surface area contributed by atoms with Gasteiger partial charge in [0.1, 0.15) is 12.4 Å². The zero-order valence-corrected chi connectivity index (χ0v) is 16.7. The smallest absolute Gasteiger partial charge is 0.234 e. The lowest BCUT2D eigenvalue weighted by Gasteiger charge is -2.21. The van der Waals surface area contributed by atoms with Gasteiger partial charge in [-0.15, -0.1) is 0 Å². The van der Waals surface area contributed by atoms with Crippen molar-refractivity contribution >= 4 is 11.8 Å². The number of aryl methyl sites for hydroxylation is 1. The molecule has 2 aromatic rings. The second-order valence-corrected chi connectivity index (χ2v) is 7.36. The third kappa shape index (κ3) is 6.61. The number of ether oxygens (including phenoxy) is 1. The molecular formula is C23H29N3O3. The van der Waals surface area contributed by atoms with Gasteiger partial charge in [0.2, 0.25) is 11.8 Å². The normalized spacial score (nSPS) is 16.5. The average Bonchev–Trinajstić information content (AvgIpc) is 3.21. The number of nitrogens with two attached hydrogens (primary N) is 1. The van der Waals surface area contributed by atoms with E-state index in [0.717, 1.165) is 36.3 Å². The van der Waals surface area contributed by atoms with Crippen LogP contribution in [-0.4, -0.2) is 42.4 Å². The predicted octanol–water partition coefficient (Wildman–Crippen LogP) is 2.26. The quantitative estimate of drug-likeness (QED) is 0.646. The molecule has 3 N–H and O–H groups in total. The van der Waals surface area contributed by atoms with Gasteiger partial charge in [-0.05, 0) is 49.1 Å². The Bertz CT molecular complexity index is 793. The minimum absolute atomic E-state index is 0.0178. The van der Waals surface area contributed by atoms with E-state index in [0.29, 0.717) is 32.5 Å². The monoisotopic (exact) mass is 395 g/mol. The van der Waals surface area contributed by atoms with Crippen molar-refractivity contribution in [2.75, 3.05) is 19.6 Å². The van der Waals surface area contributed by atoms with Crippen molar-refractivity contribution in [3.8, 4) is 5.75 Å². The first-order valence-corrected chi connectivity index (χ1v) is 10.2. The molecule has 1 fully saturated rings. The van der Waals surface area contributed by atoms with E-state index in [9.17, 15) is 9.59 Å². The molecule has 1 aliphatic rings. The van der Waals surface area contributed by atoms with Crippen LogP contribution in [0.3, 0.4) is 0 Å². The fraction of sp³-hybridized carbons (Fsp3) is 0.391. The van der Waals surface area contributed by atoms with Gasteiger partial charge in [0, 0.05) is 19.5 Å². The molecule has 1 aliphatic heterocycles. The number of nitrogens with zero attached hydrogens (tertiary/aromatic N) is 1. The Morgan fingerprint density at radius 2 is 1.83 bits per heavy atom. The maximum Gasteiger partial charge on any atom is 0.234 e. The van der Waals surface area contributed by atoms with Gasteiger partial charge in [-0.1, -0.05) is 42.5 Å². The fourth-order valence-electron chi connectivity index (χ4n) is 3.59. The molecule has 2 amide bonds. The Balaban J connectivity index is 1.34. The summed E-state index contributed by atoms with van der Waals surface area (Å²) in [6.07, 6.45) is 2.91. The van der Waals surface area contributed by atoms with Crippen LogP contribution in [0.15, 0.2) is 54.6 Å². The number of likely N-dealkylation sites (tertiary alicyclic amines) is 1. The molecule has 1 saturated heterocycles. The highest BCUT2D eigenvalue weighted by Crippen LogP contribution is 2.16. The Morgan fingerprint density at radius 1 is 1.07 bits per heavy atom. The van der Waals surface area contributed by atoms with Crippen molar-refractivity contribution in [1.82, 2.24) is 10.2 Å². The van der Waals surface area contributed by atoms with Crippen molar-refractivity contribution in [3.05, 3.63) is 65.7 Å². The molecule has 0 aromatic heterocycles. The van der Waals surface area contributed by atoms with Crippen molar-refractivity contribution in [2.24, 2.45) is 5.73 Å². The van der Waals surface area contributed by atoms with E-state index in [-0.39, 0.29) is 17.9 Å². The molecule has 29 heavy (non-hydrogen) atoms. The highest BCUT2D eigenvalue weighted by molar-refractivity contribution is 5.80. The SMILES string of the molecule is NC(=O)C1CCCN1CCNC(=O)CCc1ccc(OCc2ccccc2)cc1. The molecule has 3 rings (SSSR count). The number of benzene rings is 2. The highest BCUT2D eigenvalue weighted by Gasteiger charge is 2.28. The first kappa shape index (κ1) is 20.9. The van der Waals surface area contributed by atoms with Crippen LogP contribution < -0.4 is 15.8 Å². The minimum atomic E-state index is -0.273. The van der Waals surface area contributed by atoms with Gasteiger partial charge in [-0.2, -0.15) is 0 Å². The molecule has 1 atom stereocenters. The third-order valence-electron chi connectivity index (χ3n) is 5.23. The summed E-state index contributed by atoms with van der Waals surface area (Å²) < 4.78 is 5.78. The molecule has 6 nitrogen and oxygen atoms in total. The van der Waals surface area contributed by atoms with Crippen molar-refractivity contribution in [2.45, 2.75) is 38.3 Å². The average molecular weight is 396 g/mol. The fourth-order valence-corrected chi connectivity index (χ4v) is 3.59. The maximum atomic E-state index is 12.1. The predicted molar refractivity (Wildman–Crippen MR) is 112 cm³/mol. The molecule has 0 aliphatic carbocycles. The summed E-state index contributed by atoms with van der Waals surface area (Å²) in [4.78, 5) is 25.5. The van der Waals surface area contributed by atoms with E-state index in [4.69, 9.17) is 10.5 Å². The Labute approximate surface area is 172 Å². The van der Waals surface area contributed by atoms with Crippen LogP contribution in [0.2, 0.25) is 0 Å². The Hall–Kier alpha value is -2.86. The van der Waals surface area contributed by atoms with E-state index in [2.05, 4.69) is 10.2 Å². The van der Waals surface area contributed by atoms with Gasteiger partial charge in [0.15, 0.2) is 0 Å². The lowest BCUT2D eigenvalue weighted by atomic mass is 10.1.